The molecule has 1 aromatic rings. The molecule has 1 aromatic carbocycles. The molecule has 0 spiro atoms. The molecule has 0 aromatic heterocycles. The molecule has 2 amide bonds. The van der Waals surface area contributed by atoms with Crippen LogP contribution in [-0.2, 0) is 25.8 Å². The average molecular weight is 397 g/mol. The van der Waals surface area contributed by atoms with Crippen LogP contribution in [0.5, 0.6) is 0 Å². The first-order valence-corrected chi connectivity index (χ1v) is 10.5. The molecule has 0 aliphatic carbocycles. The van der Waals surface area contributed by atoms with Crippen LogP contribution in [0.25, 0.3) is 0 Å². The summed E-state index contributed by atoms with van der Waals surface area (Å²) in [5, 5.41) is 6.27. The highest BCUT2D eigenvalue weighted by Gasteiger charge is 2.22. The van der Waals surface area contributed by atoms with E-state index in [1.807, 2.05) is 30.3 Å². The molecule has 150 valence electrons. The molecule has 27 heavy (non-hydrogen) atoms. The van der Waals surface area contributed by atoms with Crippen LogP contribution >= 0.6 is 0 Å². The van der Waals surface area contributed by atoms with Crippen molar-refractivity contribution in [3.63, 3.8) is 0 Å². The number of amides is 2. The number of carbonyl (C=O) groups excluding carboxylic acids is 2. The van der Waals surface area contributed by atoms with E-state index in [2.05, 4.69) is 10.6 Å². The molecule has 0 saturated carbocycles. The largest absolute Gasteiger partial charge is 0.444 e. The Balaban J connectivity index is 2.79. The predicted octanol–water partition coefficient (Wildman–Crippen LogP) is 2.19. The van der Waals surface area contributed by atoms with Crippen molar-refractivity contribution in [1.82, 2.24) is 10.6 Å². The van der Waals surface area contributed by atoms with Gasteiger partial charge < -0.3 is 15.4 Å². The van der Waals surface area contributed by atoms with E-state index in [1.54, 1.807) is 20.8 Å². The number of sulfone groups is 1. The highest BCUT2D eigenvalue weighted by Crippen LogP contribution is 2.08. The first-order valence-electron chi connectivity index (χ1n) is 8.58. The average Bonchev–Trinajstić information content (AvgIpc) is 2.50. The van der Waals surface area contributed by atoms with Crippen molar-refractivity contribution in [2.24, 2.45) is 0 Å². The van der Waals surface area contributed by atoms with Crippen molar-refractivity contribution in [3.05, 3.63) is 47.4 Å². The Morgan fingerprint density at radius 1 is 1.15 bits per heavy atom. The predicted molar refractivity (Wildman–Crippen MR) is 105 cm³/mol. The van der Waals surface area contributed by atoms with Crippen LogP contribution in [0.4, 0.5) is 4.79 Å². The third-order valence-electron chi connectivity index (χ3n) is 3.31. The summed E-state index contributed by atoms with van der Waals surface area (Å²) in [6, 6.07) is 7.98. The van der Waals surface area contributed by atoms with Gasteiger partial charge in [0.15, 0.2) is 9.84 Å². The summed E-state index contributed by atoms with van der Waals surface area (Å²) in [6.45, 7) is 6.70. The zero-order chi connectivity index (χ0) is 20.7. The van der Waals surface area contributed by atoms with Gasteiger partial charge in [0, 0.05) is 11.7 Å². The summed E-state index contributed by atoms with van der Waals surface area (Å²) in [4.78, 5) is 24.2. The molecule has 0 bridgehead atoms. The zero-order valence-corrected chi connectivity index (χ0v) is 17.2. The zero-order valence-electron chi connectivity index (χ0n) is 16.4. The molecular formula is C19H28N2O5S. The SMILES string of the molecule is C[C@H](NC(=O)OC(C)(C)C)C(=O)N[C@H](C=CS(C)(=O)=O)Cc1ccccc1. The molecule has 0 heterocycles. The monoisotopic (exact) mass is 396 g/mol. The van der Waals surface area contributed by atoms with Gasteiger partial charge in [-0.2, -0.15) is 0 Å². The molecule has 7 nitrogen and oxygen atoms in total. The molecule has 0 aliphatic heterocycles. The number of alkyl carbamates (subject to hydrolysis) is 1. The second-order valence-corrected chi connectivity index (χ2v) is 9.26. The molecule has 2 N–H and O–H groups in total. The topological polar surface area (TPSA) is 102 Å². The normalized spacial score (nSPS) is 14.4. The van der Waals surface area contributed by atoms with Gasteiger partial charge in [0.2, 0.25) is 5.91 Å². The van der Waals surface area contributed by atoms with Crippen molar-refractivity contribution in [1.29, 1.82) is 0 Å². The van der Waals surface area contributed by atoms with Crippen LogP contribution in [0.2, 0.25) is 0 Å². The lowest BCUT2D eigenvalue weighted by atomic mass is 10.1. The van der Waals surface area contributed by atoms with E-state index < -0.39 is 39.5 Å². The first-order chi connectivity index (χ1) is 12.4. The van der Waals surface area contributed by atoms with Gasteiger partial charge in [-0.3, -0.25) is 4.79 Å². The molecule has 0 aliphatic rings. The van der Waals surface area contributed by atoms with Crippen LogP contribution in [0.3, 0.4) is 0 Å². The summed E-state index contributed by atoms with van der Waals surface area (Å²) in [7, 11) is -3.33. The highest BCUT2D eigenvalue weighted by atomic mass is 32.2. The lowest BCUT2D eigenvalue weighted by Gasteiger charge is -2.23. The Bertz CT molecular complexity index is 767. The number of ether oxygens (including phenoxy) is 1. The summed E-state index contributed by atoms with van der Waals surface area (Å²) >= 11 is 0. The van der Waals surface area contributed by atoms with E-state index in [0.717, 1.165) is 17.2 Å². The maximum Gasteiger partial charge on any atom is 0.408 e. The van der Waals surface area contributed by atoms with E-state index in [0.29, 0.717) is 6.42 Å². The first kappa shape index (κ1) is 22.7. The fourth-order valence-corrected chi connectivity index (χ4v) is 2.61. The molecule has 8 heteroatoms. The second-order valence-electron chi connectivity index (χ2n) is 7.33. The van der Waals surface area contributed by atoms with Crippen LogP contribution in [-0.4, -0.2) is 44.4 Å². The number of nitrogens with one attached hydrogen (secondary N) is 2. The van der Waals surface area contributed by atoms with E-state index in [-0.39, 0.29) is 0 Å². The fourth-order valence-electron chi connectivity index (χ4n) is 2.13. The Morgan fingerprint density at radius 2 is 1.74 bits per heavy atom. The minimum absolute atomic E-state index is 0.414. The van der Waals surface area contributed by atoms with Gasteiger partial charge in [0.1, 0.15) is 11.6 Å². The minimum atomic E-state index is -3.33. The van der Waals surface area contributed by atoms with Crippen LogP contribution in [0, 0.1) is 0 Å². The highest BCUT2D eigenvalue weighted by molar-refractivity contribution is 7.93. The third kappa shape index (κ3) is 10.4. The van der Waals surface area contributed by atoms with Crippen LogP contribution < -0.4 is 10.6 Å². The van der Waals surface area contributed by atoms with Gasteiger partial charge >= 0.3 is 6.09 Å². The Hall–Kier alpha value is -2.35. The van der Waals surface area contributed by atoms with Crippen LogP contribution in [0.15, 0.2) is 41.8 Å². The number of hydrogen-bond donors (Lipinski definition) is 2. The Kier molecular flexibility index (Phi) is 8.02. The van der Waals surface area contributed by atoms with E-state index in [4.69, 9.17) is 4.74 Å². The van der Waals surface area contributed by atoms with Crippen molar-refractivity contribution in [3.8, 4) is 0 Å². The molecule has 1 rings (SSSR count). The van der Waals surface area contributed by atoms with Gasteiger partial charge in [-0.25, -0.2) is 13.2 Å². The number of benzene rings is 1. The molecule has 0 saturated heterocycles. The Labute approximate surface area is 161 Å². The molecule has 0 radical (unpaired) electrons. The van der Waals surface area contributed by atoms with E-state index in [1.165, 1.54) is 13.0 Å². The van der Waals surface area contributed by atoms with Gasteiger partial charge in [-0.1, -0.05) is 36.4 Å². The van der Waals surface area contributed by atoms with E-state index in [9.17, 15) is 18.0 Å². The summed E-state index contributed by atoms with van der Waals surface area (Å²) in [5.41, 5.74) is 0.266. The summed E-state index contributed by atoms with van der Waals surface area (Å²) < 4.78 is 28.0. The van der Waals surface area contributed by atoms with Crippen molar-refractivity contribution < 1.29 is 22.7 Å². The van der Waals surface area contributed by atoms with Crippen molar-refractivity contribution in [2.75, 3.05) is 6.26 Å². The van der Waals surface area contributed by atoms with Gasteiger partial charge in [0.05, 0.1) is 6.04 Å². The van der Waals surface area contributed by atoms with Crippen molar-refractivity contribution >= 4 is 21.8 Å². The molecule has 0 unspecified atom stereocenters. The standard InChI is InChI=1S/C19H28N2O5S/c1-14(20-18(23)26-19(2,3)4)17(22)21-16(11-12-27(5,24)25)13-15-9-7-6-8-10-15/h6-12,14,16H,13H2,1-5H3,(H,20,23)(H,21,22)/t14-,16+/m0/s1. The van der Waals surface area contributed by atoms with Gasteiger partial charge in [-0.15, -0.1) is 0 Å². The number of hydrogen-bond acceptors (Lipinski definition) is 5. The summed E-state index contributed by atoms with van der Waals surface area (Å²) in [6.07, 6.45) is 2.23. The lowest BCUT2D eigenvalue weighted by molar-refractivity contribution is -0.123. The Morgan fingerprint density at radius 3 is 2.26 bits per heavy atom. The minimum Gasteiger partial charge on any atom is -0.444 e. The number of carbonyl (C=O) groups is 2. The van der Waals surface area contributed by atoms with Gasteiger partial charge in [-0.05, 0) is 39.7 Å². The molecule has 2 atom stereocenters. The van der Waals surface area contributed by atoms with E-state index >= 15 is 0 Å². The van der Waals surface area contributed by atoms with Crippen molar-refractivity contribution in [2.45, 2.75) is 51.8 Å². The lowest BCUT2D eigenvalue weighted by Crippen LogP contribution is -2.49. The molecule has 0 fully saturated rings. The second kappa shape index (κ2) is 9.55. The maximum atomic E-state index is 12.4. The van der Waals surface area contributed by atoms with Crippen LogP contribution in [0.1, 0.15) is 33.3 Å². The maximum absolute atomic E-state index is 12.4. The molecular weight excluding hydrogens is 368 g/mol. The fraction of sp³-hybridized carbons (Fsp3) is 0.474. The third-order valence-corrected chi connectivity index (χ3v) is 3.96. The smallest absolute Gasteiger partial charge is 0.408 e. The number of rotatable bonds is 7. The quantitative estimate of drug-likeness (QED) is 0.736. The summed E-state index contributed by atoms with van der Waals surface area (Å²) in [5.74, 6) is -0.444. The van der Waals surface area contributed by atoms with Gasteiger partial charge in [0.25, 0.3) is 0 Å².